The van der Waals surface area contributed by atoms with Crippen LogP contribution in [0, 0.1) is 0 Å². The Morgan fingerprint density at radius 1 is 0.630 bits per heavy atom. The van der Waals surface area contributed by atoms with Gasteiger partial charge in [-0.3, -0.25) is 0 Å². The van der Waals surface area contributed by atoms with Gasteiger partial charge in [0.05, 0.1) is 12.5 Å². The molecular formula is C20H42O5Si2. The standard InChI is InChI=1S/C20H42O5Si2/c1-7-22-26(23-8-2)15-11-13-19(5)17-21-18-20(6)14-12-16-27(24-9-3)25-10-4/h17-18,26-27H,7-16H2,1-6H3. The molecule has 0 bridgehead atoms. The molecule has 160 valence electrons. The van der Waals surface area contributed by atoms with Crippen LogP contribution in [0.4, 0.5) is 0 Å². The lowest BCUT2D eigenvalue weighted by Crippen LogP contribution is -2.22. The van der Waals surface area contributed by atoms with E-state index in [1.54, 1.807) is 0 Å². The first-order valence-electron chi connectivity index (χ1n) is 10.5. The molecule has 5 nitrogen and oxygen atoms in total. The number of allylic oxidation sites excluding steroid dienone is 2. The summed E-state index contributed by atoms with van der Waals surface area (Å²) in [7, 11) is -2.93. The van der Waals surface area contributed by atoms with Crippen molar-refractivity contribution in [2.75, 3.05) is 26.4 Å². The largest absolute Gasteiger partial charge is 0.473 e. The zero-order valence-corrected chi connectivity index (χ0v) is 20.7. The highest BCUT2D eigenvalue weighted by molar-refractivity contribution is 6.44. The second-order valence-electron chi connectivity index (χ2n) is 6.53. The van der Waals surface area contributed by atoms with Crippen molar-refractivity contribution >= 4 is 18.6 Å². The van der Waals surface area contributed by atoms with Gasteiger partial charge in [-0.25, -0.2) is 0 Å². The summed E-state index contributed by atoms with van der Waals surface area (Å²) in [5.74, 6) is 0. The van der Waals surface area contributed by atoms with Crippen molar-refractivity contribution in [2.24, 2.45) is 0 Å². The van der Waals surface area contributed by atoms with Crippen LogP contribution in [-0.2, 0) is 22.4 Å². The monoisotopic (exact) mass is 418 g/mol. The maximum atomic E-state index is 5.70. The van der Waals surface area contributed by atoms with Crippen LogP contribution in [0.25, 0.3) is 0 Å². The molecule has 0 heterocycles. The smallest absolute Gasteiger partial charge is 0.321 e. The van der Waals surface area contributed by atoms with E-state index in [9.17, 15) is 0 Å². The van der Waals surface area contributed by atoms with E-state index in [4.69, 9.17) is 22.4 Å². The first-order valence-corrected chi connectivity index (χ1v) is 14.0. The molecule has 0 spiro atoms. The van der Waals surface area contributed by atoms with Crippen LogP contribution in [0.2, 0.25) is 12.1 Å². The molecule has 0 N–H and O–H groups in total. The highest BCUT2D eigenvalue weighted by Gasteiger charge is 2.12. The summed E-state index contributed by atoms with van der Waals surface area (Å²) in [5, 5.41) is 0. The first kappa shape index (κ1) is 26.6. The molecule has 27 heavy (non-hydrogen) atoms. The quantitative estimate of drug-likeness (QED) is 0.233. The second-order valence-corrected chi connectivity index (χ2v) is 10.7. The summed E-state index contributed by atoms with van der Waals surface area (Å²) in [6.45, 7) is 15.3. The van der Waals surface area contributed by atoms with Crippen molar-refractivity contribution in [3.8, 4) is 0 Å². The average molecular weight is 419 g/mol. The van der Waals surface area contributed by atoms with Gasteiger partial charge in [-0.2, -0.15) is 0 Å². The predicted octanol–water partition coefficient (Wildman–Crippen LogP) is 4.96. The Bertz CT molecular complexity index is 354. The summed E-state index contributed by atoms with van der Waals surface area (Å²) in [6.07, 6.45) is 7.94. The van der Waals surface area contributed by atoms with Crippen molar-refractivity contribution in [2.45, 2.75) is 79.3 Å². The Balaban J connectivity index is 4.03. The van der Waals surface area contributed by atoms with E-state index in [-0.39, 0.29) is 0 Å². The van der Waals surface area contributed by atoms with E-state index in [1.165, 1.54) is 11.1 Å². The van der Waals surface area contributed by atoms with E-state index in [0.29, 0.717) is 0 Å². The molecule has 0 aromatic rings. The van der Waals surface area contributed by atoms with Crippen LogP contribution >= 0.6 is 0 Å². The first-order chi connectivity index (χ1) is 13.1. The molecule has 0 rings (SSSR count). The van der Waals surface area contributed by atoms with Gasteiger partial charge < -0.3 is 22.4 Å². The summed E-state index contributed by atoms with van der Waals surface area (Å²) in [4.78, 5) is 0. The summed E-state index contributed by atoms with van der Waals surface area (Å²) in [5.41, 5.74) is 2.50. The Labute approximate surface area is 170 Å². The van der Waals surface area contributed by atoms with Crippen LogP contribution in [0.3, 0.4) is 0 Å². The van der Waals surface area contributed by atoms with Gasteiger partial charge in [-0.05, 0) is 90.5 Å². The van der Waals surface area contributed by atoms with Crippen molar-refractivity contribution in [1.29, 1.82) is 0 Å². The minimum absolute atomic E-state index is 0.747. The molecule has 0 aromatic heterocycles. The lowest BCUT2D eigenvalue weighted by atomic mass is 10.2. The molecule has 0 saturated carbocycles. The molecular weight excluding hydrogens is 376 g/mol. The van der Waals surface area contributed by atoms with E-state index in [2.05, 4.69) is 13.8 Å². The predicted molar refractivity (Wildman–Crippen MR) is 117 cm³/mol. The SMILES string of the molecule is CCO[SiH](CCCC(C)=COC=C(C)CCC[SiH](OCC)OCC)OCC. The average Bonchev–Trinajstić information content (AvgIpc) is 2.62. The van der Waals surface area contributed by atoms with Gasteiger partial charge in [0.2, 0.25) is 0 Å². The summed E-state index contributed by atoms with van der Waals surface area (Å²) in [6, 6.07) is 2.10. The molecule has 0 fully saturated rings. The van der Waals surface area contributed by atoms with Crippen LogP contribution in [0.15, 0.2) is 23.7 Å². The van der Waals surface area contributed by atoms with E-state index >= 15 is 0 Å². The molecule has 0 amide bonds. The third kappa shape index (κ3) is 16.2. The number of hydrogen-bond acceptors (Lipinski definition) is 5. The Morgan fingerprint density at radius 3 is 1.26 bits per heavy atom. The molecule has 0 saturated heterocycles. The van der Waals surface area contributed by atoms with Crippen molar-refractivity contribution in [3.05, 3.63) is 23.7 Å². The summed E-state index contributed by atoms with van der Waals surface area (Å²) < 4.78 is 28.4. The number of hydrogen-bond donors (Lipinski definition) is 0. The van der Waals surface area contributed by atoms with E-state index in [1.807, 2.05) is 40.2 Å². The fraction of sp³-hybridized carbons (Fsp3) is 0.800. The highest BCUT2D eigenvalue weighted by Crippen LogP contribution is 2.13. The number of rotatable bonds is 18. The van der Waals surface area contributed by atoms with Gasteiger partial charge in [0.25, 0.3) is 0 Å². The van der Waals surface area contributed by atoms with Crippen LogP contribution in [-0.4, -0.2) is 45.0 Å². The molecule has 0 unspecified atom stereocenters. The third-order valence-electron chi connectivity index (χ3n) is 3.97. The Morgan fingerprint density at radius 2 is 0.963 bits per heavy atom. The Kier molecular flexibility index (Phi) is 18.6. The molecule has 0 aliphatic carbocycles. The molecule has 0 atom stereocenters. The van der Waals surface area contributed by atoms with E-state index < -0.39 is 18.6 Å². The van der Waals surface area contributed by atoms with Crippen LogP contribution in [0.5, 0.6) is 0 Å². The number of ether oxygens (including phenoxy) is 1. The molecule has 0 aliphatic rings. The second kappa shape index (κ2) is 18.9. The van der Waals surface area contributed by atoms with Crippen molar-refractivity contribution < 1.29 is 22.4 Å². The summed E-state index contributed by atoms with van der Waals surface area (Å²) >= 11 is 0. The van der Waals surface area contributed by atoms with Gasteiger partial charge in [0, 0.05) is 26.4 Å². The zero-order chi connectivity index (χ0) is 20.3. The van der Waals surface area contributed by atoms with Gasteiger partial charge in [0.15, 0.2) is 0 Å². The van der Waals surface area contributed by atoms with Gasteiger partial charge >= 0.3 is 18.6 Å². The van der Waals surface area contributed by atoms with Crippen LogP contribution in [0.1, 0.15) is 67.2 Å². The minimum Gasteiger partial charge on any atom is -0.473 e. The topological polar surface area (TPSA) is 46.2 Å². The van der Waals surface area contributed by atoms with Crippen molar-refractivity contribution in [3.63, 3.8) is 0 Å². The molecule has 7 heteroatoms. The highest BCUT2D eigenvalue weighted by atomic mass is 28.3. The normalized spacial score (nSPS) is 13.0. The minimum atomic E-state index is -1.47. The van der Waals surface area contributed by atoms with Crippen LogP contribution < -0.4 is 0 Å². The van der Waals surface area contributed by atoms with Crippen molar-refractivity contribution in [1.82, 2.24) is 0 Å². The lowest BCUT2D eigenvalue weighted by Gasteiger charge is -2.14. The van der Waals surface area contributed by atoms with Gasteiger partial charge in [0.1, 0.15) is 0 Å². The lowest BCUT2D eigenvalue weighted by molar-refractivity contribution is 0.212. The van der Waals surface area contributed by atoms with E-state index in [0.717, 1.165) is 64.2 Å². The maximum absolute atomic E-state index is 5.70. The van der Waals surface area contributed by atoms with Gasteiger partial charge in [-0.1, -0.05) is 0 Å². The molecule has 0 aliphatic heterocycles. The zero-order valence-electron chi connectivity index (χ0n) is 18.4. The fourth-order valence-electron chi connectivity index (χ4n) is 2.65. The van der Waals surface area contributed by atoms with Gasteiger partial charge in [-0.15, -0.1) is 0 Å². The third-order valence-corrected chi connectivity index (χ3v) is 8.55. The fourth-order valence-corrected chi connectivity index (χ4v) is 6.07. The molecule has 0 aromatic carbocycles. The Hall–Kier alpha value is -0.446. The molecule has 0 radical (unpaired) electrons. The maximum Gasteiger partial charge on any atom is 0.321 e.